The topological polar surface area (TPSA) is 52.0 Å². The molecule has 0 radical (unpaired) electrons. The van der Waals surface area contributed by atoms with Gasteiger partial charge in [-0.25, -0.2) is 13.5 Å². The van der Waals surface area contributed by atoms with E-state index in [1.807, 2.05) is 0 Å². The molecule has 1 aromatic heterocycles. The molecule has 110 valence electrons. The van der Waals surface area contributed by atoms with Crippen LogP contribution in [-0.2, 0) is 17.8 Å². The highest BCUT2D eigenvalue weighted by atomic mass is 35.5. The largest absolute Gasteiger partial charge is 0.303 e. The fourth-order valence-electron chi connectivity index (χ4n) is 1.96. The molecule has 2 rings (SSSR count). The summed E-state index contributed by atoms with van der Waals surface area (Å²) in [5.41, 5.74) is 0.395. The van der Waals surface area contributed by atoms with E-state index in [2.05, 4.69) is 5.10 Å². The van der Waals surface area contributed by atoms with Crippen LogP contribution in [0.5, 0.6) is 0 Å². The molecule has 0 bridgehead atoms. The fraction of sp³-hybridized carbons (Fsp3) is 0.214. The Kier molecular flexibility index (Phi) is 4.47. The Morgan fingerprint density at radius 3 is 2.76 bits per heavy atom. The SMILES string of the molecule is CC(=O)c1nn(Cc2cc(F)ccc2F)c(Cl)c1CC=O. The van der Waals surface area contributed by atoms with Crippen molar-refractivity contribution < 1.29 is 18.4 Å². The minimum Gasteiger partial charge on any atom is -0.303 e. The van der Waals surface area contributed by atoms with Gasteiger partial charge in [0.05, 0.1) is 6.54 Å². The zero-order chi connectivity index (χ0) is 15.6. The lowest BCUT2D eigenvalue weighted by Gasteiger charge is -2.05. The molecule has 0 saturated carbocycles. The van der Waals surface area contributed by atoms with Crippen LogP contribution in [0.15, 0.2) is 18.2 Å². The van der Waals surface area contributed by atoms with Crippen LogP contribution in [0.2, 0.25) is 5.15 Å². The molecule has 0 amide bonds. The third-order valence-corrected chi connectivity index (χ3v) is 3.35. The quantitative estimate of drug-likeness (QED) is 0.630. The number of hydrogen-bond acceptors (Lipinski definition) is 3. The van der Waals surface area contributed by atoms with Gasteiger partial charge in [0, 0.05) is 24.5 Å². The molecule has 0 aliphatic heterocycles. The number of carbonyl (C=O) groups excluding carboxylic acids is 2. The van der Waals surface area contributed by atoms with Crippen LogP contribution >= 0.6 is 11.6 Å². The van der Waals surface area contributed by atoms with Crippen molar-refractivity contribution in [2.24, 2.45) is 0 Å². The minimum absolute atomic E-state index is 0.0483. The second-order valence-electron chi connectivity index (χ2n) is 4.44. The van der Waals surface area contributed by atoms with Crippen LogP contribution in [-0.4, -0.2) is 21.8 Å². The van der Waals surface area contributed by atoms with E-state index >= 15 is 0 Å². The Labute approximate surface area is 124 Å². The Hall–Kier alpha value is -2.08. The molecule has 4 nitrogen and oxygen atoms in total. The zero-order valence-electron chi connectivity index (χ0n) is 11.1. The number of aromatic nitrogens is 2. The van der Waals surface area contributed by atoms with Crippen molar-refractivity contribution in [2.45, 2.75) is 19.9 Å². The van der Waals surface area contributed by atoms with Gasteiger partial charge < -0.3 is 4.79 Å². The highest BCUT2D eigenvalue weighted by Gasteiger charge is 2.20. The van der Waals surface area contributed by atoms with E-state index in [-0.39, 0.29) is 40.7 Å². The maximum absolute atomic E-state index is 13.6. The summed E-state index contributed by atoms with van der Waals surface area (Å²) in [4.78, 5) is 22.1. The average Bonchev–Trinajstić information content (AvgIpc) is 2.73. The van der Waals surface area contributed by atoms with Gasteiger partial charge in [-0.05, 0) is 18.2 Å². The molecule has 0 saturated heterocycles. The highest BCUT2D eigenvalue weighted by Crippen LogP contribution is 2.23. The van der Waals surface area contributed by atoms with E-state index in [9.17, 15) is 18.4 Å². The number of nitrogens with zero attached hydrogens (tertiary/aromatic N) is 2. The van der Waals surface area contributed by atoms with Gasteiger partial charge in [0.15, 0.2) is 5.78 Å². The summed E-state index contributed by atoms with van der Waals surface area (Å²) in [6.07, 6.45) is 0.530. The Balaban J connectivity index is 2.45. The third-order valence-electron chi connectivity index (χ3n) is 2.93. The number of benzene rings is 1. The molecule has 21 heavy (non-hydrogen) atoms. The van der Waals surface area contributed by atoms with Crippen molar-refractivity contribution in [1.29, 1.82) is 0 Å². The second-order valence-corrected chi connectivity index (χ2v) is 4.80. The van der Waals surface area contributed by atoms with Gasteiger partial charge in [-0.3, -0.25) is 4.79 Å². The van der Waals surface area contributed by atoms with Crippen molar-refractivity contribution in [3.8, 4) is 0 Å². The monoisotopic (exact) mass is 312 g/mol. The summed E-state index contributed by atoms with van der Waals surface area (Å²) in [7, 11) is 0. The van der Waals surface area contributed by atoms with Crippen molar-refractivity contribution in [2.75, 3.05) is 0 Å². The van der Waals surface area contributed by atoms with E-state index in [1.165, 1.54) is 11.6 Å². The highest BCUT2D eigenvalue weighted by molar-refractivity contribution is 6.31. The van der Waals surface area contributed by atoms with Crippen molar-refractivity contribution in [3.05, 3.63) is 51.8 Å². The van der Waals surface area contributed by atoms with Crippen LogP contribution in [0, 0.1) is 11.6 Å². The van der Waals surface area contributed by atoms with Crippen LogP contribution < -0.4 is 0 Å². The summed E-state index contributed by atoms with van der Waals surface area (Å²) in [6, 6.07) is 3.03. The Bertz CT molecular complexity index is 713. The summed E-state index contributed by atoms with van der Waals surface area (Å²) in [5.74, 6) is -1.55. The second kappa shape index (κ2) is 6.13. The van der Waals surface area contributed by atoms with Crippen LogP contribution in [0.4, 0.5) is 8.78 Å². The van der Waals surface area contributed by atoms with Gasteiger partial charge >= 0.3 is 0 Å². The first-order valence-electron chi connectivity index (χ1n) is 6.07. The first kappa shape index (κ1) is 15.3. The lowest BCUT2D eigenvalue weighted by molar-refractivity contribution is -0.107. The van der Waals surface area contributed by atoms with Crippen molar-refractivity contribution >= 4 is 23.7 Å². The Morgan fingerprint density at radius 2 is 2.14 bits per heavy atom. The smallest absolute Gasteiger partial charge is 0.180 e. The van der Waals surface area contributed by atoms with Gasteiger partial charge in [-0.1, -0.05) is 11.6 Å². The van der Waals surface area contributed by atoms with Crippen LogP contribution in [0.3, 0.4) is 0 Å². The number of carbonyl (C=O) groups is 2. The molecule has 0 aliphatic rings. The molecule has 2 aromatic rings. The molecule has 1 aromatic carbocycles. The number of ketones is 1. The number of halogens is 3. The molecule has 1 heterocycles. The lowest BCUT2D eigenvalue weighted by Crippen LogP contribution is -2.06. The normalized spacial score (nSPS) is 10.7. The molecule has 0 N–H and O–H groups in total. The van der Waals surface area contributed by atoms with Gasteiger partial charge in [0.25, 0.3) is 0 Å². The molecule has 0 atom stereocenters. The van der Waals surface area contributed by atoms with Gasteiger partial charge in [0.1, 0.15) is 28.8 Å². The number of Topliss-reactive ketones (excluding diaryl/α,β-unsaturated/α-hetero) is 1. The van der Waals surface area contributed by atoms with E-state index in [0.29, 0.717) is 6.29 Å². The zero-order valence-corrected chi connectivity index (χ0v) is 11.8. The predicted octanol–water partition coefficient (Wildman–Crippen LogP) is 2.81. The summed E-state index contributed by atoms with van der Waals surface area (Å²) in [5, 5.41) is 4.05. The van der Waals surface area contributed by atoms with E-state index in [0.717, 1.165) is 18.2 Å². The van der Waals surface area contributed by atoms with E-state index < -0.39 is 11.6 Å². The standard InChI is InChI=1S/C14H11ClF2N2O2/c1-8(21)13-11(4-5-20)14(15)19(18-13)7-9-6-10(16)2-3-12(9)17/h2-3,5-6H,4,7H2,1H3. The van der Waals surface area contributed by atoms with Gasteiger partial charge in [-0.2, -0.15) is 5.10 Å². The summed E-state index contributed by atoms with van der Waals surface area (Å²) >= 11 is 6.07. The van der Waals surface area contributed by atoms with Gasteiger partial charge in [0.2, 0.25) is 0 Å². The maximum Gasteiger partial charge on any atom is 0.180 e. The third kappa shape index (κ3) is 3.16. The summed E-state index contributed by atoms with van der Waals surface area (Å²) < 4.78 is 28.0. The molecular formula is C14H11ClF2N2O2. The van der Waals surface area contributed by atoms with Crippen molar-refractivity contribution in [1.82, 2.24) is 9.78 Å². The Morgan fingerprint density at radius 1 is 1.43 bits per heavy atom. The molecule has 0 fully saturated rings. The molecular weight excluding hydrogens is 302 g/mol. The van der Waals surface area contributed by atoms with Gasteiger partial charge in [-0.15, -0.1) is 0 Å². The predicted molar refractivity (Wildman–Crippen MR) is 72.5 cm³/mol. The van der Waals surface area contributed by atoms with E-state index in [4.69, 9.17) is 11.6 Å². The van der Waals surface area contributed by atoms with E-state index in [1.54, 1.807) is 0 Å². The van der Waals surface area contributed by atoms with Crippen LogP contribution in [0.25, 0.3) is 0 Å². The summed E-state index contributed by atoms with van der Waals surface area (Å²) in [6.45, 7) is 1.15. The van der Waals surface area contributed by atoms with Crippen molar-refractivity contribution in [3.63, 3.8) is 0 Å². The number of aldehydes is 1. The number of hydrogen-bond donors (Lipinski definition) is 0. The average molecular weight is 313 g/mol. The first-order chi connectivity index (χ1) is 9.93. The van der Waals surface area contributed by atoms with Crippen LogP contribution in [0.1, 0.15) is 28.5 Å². The molecule has 0 aliphatic carbocycles. The molecule has 0 spiro atoms. The fourth-order valence-corrected chi connectivity index (χ4v) is 2.22. The maximum atomic E-state index is 13.6. The minimum atomic E-state index is -0.607. The number of rotatable bonds is 5. The molecule has 7 heteroatoms. The lowest BCUT2D eigenvalue weighted by atomic mass is 10.1. The first-order valence-corrected chi connectivity index (χ1v) is 6.45. The molecule has 0 unspecified atom stereocenters.